The Morgan fingerprint density at radius 3 is 2.55 bits per heavy atom. The van der Waals surface area contributed by atoms with Crippen LogP contribution in [-0.2, 0) is 15.2 Å². The minimum atomic E-state index is -1.53. The minimum absolute atomic E-state index is 0.0110. The van der Waals surface area contributed by atoms with Crippen LogP contribution < -0.4 is 10.5 Å². The Balaban J connectivity index is 2.98. The van der Waals surface area contributed by atoms with E-state index in [4.69, 9.17) is 10.9 Å². The van der Waals surface area contributed by atoms with Crippen molar-refractivity contribution in [3.05, 3.63) is 21.9 Å². The van der Waals surface area contributed by atoms with Gasteiger partial charge in [-0.15, -0.1) is 16.1 Å². The zero-order chi connectivity index (χ0) is 15.5. The molecule has 2 atom stereocenters. The summed E-state index contributed by atoms with van der Waals surface area (Å²) in [6.07, 6.45) is 0. The van der Waals surface area contributed by atoms with E-state index in [1.807, 2.05) is 32.2 Å². The molecule has 0 radical (unpaired) electrons. The molecular formula is C13H24N3O2S2+. The summed E-state index contributed by atoms with van der Waals surface area (Å²) >= 11 is 1.52. The van der Waals surface area contributed by atoms with E-state index in [2.05, 4.69) is 23.7 Å². The smallest absolute Gasteiger partial charge is 0.170 e. The van der Waals surface area contributed by atoms with Crippen molar-refractivity contribution < 1.29 is 9.42 Å². The molecule has 0 aliphatic rings. The van der Waals surface area contributed by atoms with E-state index < -0.39 is 11.0 Å². The summed E-state index contributed by atoms with van der Waals surface area (Å²) in [6, 6.07) is 1.87. The van der Waals surface area contributed by atoms with Crippen LogP contribution in [0.15, 0.2) is 16.6 Å². The summed E-state index contributed by atoms with van der Waals surface area (Å²) in [6.45, 7) is 10.0. The monoisotopic (exact) mass is 318 g/mol. The number of nitrogens with one attached hydrogen (secondary N) is 1. The van der Waals surface area contributed by atoms with E-state index in [-0.39, 0.29) is 22.5 Å². The summed E-state index contributed by atoms with van der Waals surface area (Å²) in [5.74, 6) is 0.380. The Morgan fingerprint density at radius 2 is 2.10 bits per heavy atom. The van der Waals surface area contributed by atoms with Gasteiger partial charge in [-0.05, 0) is 32.8 Å². The maximum Gasteiger partial charge on any atom is 0.170 e. The SMILES string of the molecule is CC(C)[C@@H](N[SH+](=O)C(C)(C)C)c1cc(/C(N)=N/O)cs1. The fourth-order valence-electron chi connectivity index (χ4n) is 1.57. The van der Waals surface area contributed by atoms with E-state index in [0.29, 0.717) is 5.56 Å². The molecule has 114 valence electrons. The minimum Gasteiger partial charge on any atom is -0.409 e. The molecule has 0 aromatic carbocycles. The first-order chi connectivity index (χ1) is 9.16. The van der Waals surface area contributed by atoms with Gasteiger partial charge in [0, 0.05) is 15.8 Å². The van der Waals surface area contributed by atoms with Crippen molar-refractivity contribution in [3.8, 4) is 0 Å². The van der Waals surface area contributed by atoms with Gasteiger partial charge in [0.2, 0.25) is 0 Å². The van der Waals surface area contributed by atoms with Crippen molar-refractivity contribution in [1.29, 1.82) is 0 Å². The van der Waals surface area contributed by atoms with Crippen molar-refractivity contribution in [2.75, 3.05) is 0 Å². The molecule has 0 spiro atoms. The second kappa shape index (κ2) is 6.69. The van der Waals surface area contributed by atoms with E-state index in [0.717, 1.165) is 4.88 Å². The van der Waals surface area contributed by atoms with Crippen molar-refractivity contribution in [2.24, 2.45) is 16.8 Å². The number of oxime groups is 1. The second-order valence-corrected chi connectivity index (χ2v) is 9.17. The molecule has 1 unspecified atom stereocenters. The van der Waals surface area contributed by atoms with Crippen molar-refractivity contribution in [2.45, 2.75) is 45.4 Å². The Labute approximate surface area is 126 Å². The molecule has 0 aliphatic carbocycles. The fraction of sp³-hybridized carbons (Fsp3) is 0.615. The zero-order valence-electron chi connectivity index (χ0n) is 12.5. The largest absolute Gasteiger partial charge is 0.409 e. The summed E-state index contributed by atoms with van der Waals surface area (Å²) < 4.78 is 15.2. The summed E-state index contributed by atoms with van der Waals surface area (Å²) in [5, 5.41) is 13.5. The molecule has 0 fully saturated rings. The van der Waals surface area contributed by atoms with Crippen molar-refractivity contribution in [3.63, 3.8) is 0 Å². The lowest BCUT2D eigenvalue weighted by Crippen LogP contribution is -2.36. The van der Waals surface area contributed by atoms with Gasteiger partial charge in [-0.1, -0.05) is 23.2 Å². The highest BCUT2D eigenvalue weighted by atomic mass is 32.2. The van der Waals surface area contributed by atoms with Gasteiger partial charge >= 0.3 is 0 Å². The predicted molar refractivity (Wildman–Crippen MR) is 86.7 cm³/mol. The molecule has 0 saturated heterocycles. The number of amidine groups is 1. The molecule has 4 N–H and O–H groups in total. The highest BCUT2D eigenvalue weighted by Crippen LogP contribution is 2.29. The Morgan fingerprint density at radius 1 is 1.50 bits per heavy atom. The summed E-state index contributed by atoms with van der Waals surface area (Å²) in [4.78, 5) is 1.04. The quantitative estimate of drug-likeness (QED) is 0.195. The van der Waals surface area contributed by atoms with Crippen LogP contribution in [0.5, 0.6) is 0 Å². The van der Waals surface area contributed by atoms with Gasteiger partial charge < -0.3 is 10.9 Å². The number of nitrogens with two attached hydrogens (primary N) is 1. The third-order valence-corrected chi connectivity index (χ3v) is 5.61. The van der Waals surface area contributed by atoms with Crippen molar-refractivity contribution >= 4 is 28.2 Å². The first-order valence-corrected chi connectivity index (χ1v) is 8.60. The molecule has 5 nitrogen and oxygen atoms in total. The van der Waals surface area contributed by atoms with Gasteiger partial charge in [0.25, 0.3) is 0 Å². The van der Waals surface area contributed by atoms with Gasteiger partial charge in [0.1, 0.15) is 15.7 Å². The molecule has 0 bridgehead atoms. The lowest BCUT2D eigenvalue weighted by Gasteiger charge is -2.21. The van der Waals surface area contributed by atoms with Gasteiger partial charge in [0.05, 0.1) is 6.04 Å². The zero-order valence-corrected chi connectivity index (χ0v) is 14.3. The van der Waals surface area contributed by atoms with Gasteiger partial charge in [-0.3, -0.25) is 0 Å². The number of hydrogen-bond donors (Lipinski definition) is 3. The molecule has 1 rings (SSSR count). The predicted octanol–water partition coefficient (Wildman–Crippen LogP) is 2.54. The van der Waals surface area contributed by atoms with Crippen LogP contribution in [0.2, 0.25) is 0 Å². The third-order valence-electron chi connectivity index (χ3n) is 2.86. The van der Waals surface area contributed by atoms with E-state index >= 15 is 0 Å². The normalized spacial score (nSPS) is 16.4. The molecule has 0 saturated carbocycles. The average molecular weight is 318 g/mol. The Bertz CT molecular complexity index is 504. The molecule has 20 heavy (non-hydrogen) atoms. The molecular weight excluding hydrogens is 294 g/mol. The molecule has 7 heteroatoms. The number of rotatable bonds is 5. The van der Waals surface area contributed by atoms with E-state index in [9.17, 15) is 4.21 Å². The number of thiol groups is 1. The molecule has 0 aliphatic heterocycles. The molecule has 1 aromatic rings. The third kappa shape index (κ3) is 4.29. The summed E-state index contributed by atoms with van der Waals surface area (Å²) in [7, 11) is -1.53. The summed E-state index contributed by atoms with van der Waals surface area (Å²) in [5.41, 5.74) is 6.27. The maximum absolute atomic E-state index is 12.3. The average Bonchev–Trinajstić information content (AvgIpc) is 2.82. The van der Waals surface area contributed by atoms with Crippen LogP contribution in [0.25, 0.3) is 0 Å². The maximum atomic E-state index is 12.3. The van der Waals surface area contributed by atoms with E-state index in [1.54, 1.807) is 0 Å². The Hall–Kier alpha value is -0.920. The topological polar surface area (TPSA) is 87.7 Å². The molecule has 1 heterocycles. The number of thiophene rings is 1. The van der Waals surface area contributed by atoms with Crippen LogP contribution >= 0.6 is 11.3 Å². The van der Waals surface area contributed by atoms with Crippen LogP contribution in [0.1, 0.15) is 51.1 Å². The Kier molecular flexibility index (Phi) is 5.73. The molecule has 1 aromatic heterocycles. The standard InChI is InChI=1S/C13H23N3O2S2/c1-8(2)11(16-20(18)13(3,4)5)10-6-9(7-19-10)12(14)15-17/h6-8,11,17H,1-5H3,(H2,14,15)(H,16,18)/p+1/t11-,20?/m1/s1. The molecule has 0 amide bonds. The number of hydrogen-bond acceptors (Lipinski definition) is 4. The first-order valence-electron chi connectivity index (χ1n) is 6.46. The highest BCUT2D eigenvalue weighted by molar-refractivity contribution is 7.84. The fourth-order valence-corrected chi connectivity index (χ4v) is 3.86. The van der Waals surface area contributed by atoms with Crippen LogP contribution in [0, 0.1) is 5.92 Å². The lowest BCUT2D eigenvalue weighted by molar-refractivity contribution is 0.318. The first kappa shape index (κ1) is 17.1. The van der Waals surface area contributed by atoms with Crippen LogP contribution in [-0.4, -0.2) is 15.8 Å². The van der Waals surface area contributed by atoms with Gasteiger partial charge in [-0.25, -0.2) is 0 Å². The van der Waals surface area contributed by atoms with Crippen molar-refractivity contribution in [1.82, 2.24) is 4.72 Å². The lowest BCUT2D eigenvalue weighted by atomic mass is 10.0. The van der Waals surface area contributed by atoms with Crippen LogP contribution in [0.4, 0.5) is 0 Å². The van der Waals surface area contributed by atoms with Crippen LogP contribution in [0.3, 0.4) is 0 Å². The second-order valence-electron chi connectivity index (χ2n) is 6.04. The number of nitrogens with zero attached hydrogens (tertiary/aromatic N) is 1. The highest BCUT2D eigenvalue weighted by Gasteiger charge is 2.31. The van der Waals surface area contributed by atoms with Gasteiger partial charge in [-0.2, -0.15) is 0 Å². The van der Waals surface area contributed by atoms with Gasteiger partial charge in [0.15, 0.2) is 5.84 Å². The van der Waals surface area contributed by atoms with E-state index in [1.165, 1.54) is 11.3 Å².